The van der Waals surface area contributed by atoms with Crippen molar-refractivity contribution >= 4 is 14.7 Å². The number of hydrogen-bond acceptors (Lipinski definition) is 0. The van der Waals surface area contributed by atoms with Crippen molar-refractivity contribution in [2.75, 3.05) is 0 Å². The van der Waals surface area contributed by atoms with Gasteiger partial charge in [0.25, 0.3) is 0 Å². The van der Waals surface area contributed by atoms with Crippen LogP contribution in [0.2, 0.25) is 0 Å². The molecule has 0 heterocycles. The third-order valence-corrected chi connectivity index (χ3v) is 9.25. The average molecular weight is 466 g/mol. The Kier molecular flexibility index (Phi) is 15.1. The van der Waals surface area contributed by atoms with Crippen molar-refractivity contribution in [3.05, 3.63) is 49.0 Å². The van der Waals surface area contributed by atoms with Gasteiger partial charge in [0, 0.05) is 0 Å². The zero-order valence-electron chi connectivity index (χ0n) is 16.7. The topological polar surface area (TPSA) is 0 Å². The van der Waals surface area contributed by atoms with Crippen molar-refractivity contribution < 1.29 is 57.7 Å². The van der Waals surface area contributed by atoms with Crippen molar-refractivity contribution in [3.8, 4) is 0 Å². The van der Waals surface area contributed by atoms with Crippen LogP contribution in [0.1, 0.15) is 69.1 Å². The van der Waals surface area contributed by atoms with Gasteiger partial charge < -0.3 is 37.2 Å². The molecule has 1 aliphatic rings. The van der Waals surface area contributed by atoms with E-state index < -0.39 is 0 Å². The molecule has 0 fully saturated rings. The Bertz CT molecular complexity index is 628. The van der Waals surface area contributed by atoms with Crippen molar-refractivity contribution in [2.24, 2.45) is 0 Å². The average Bonchev–Trinajstić information content (AvgIpc) is 2.78. The van der Waals surface area contributed by atoms with E-state index in [0.717, 1.165) is 0 Å². The van der Waals surface area contributed by atoms with Crippen molar-refractivity contribution in [2.45, 2.75) is 73.1 Å². The maximum Gasteiger partial charge on any atom is -1.00 e. The van der Waals surface area contributed by atoms with E-state index in [4.69, 9.17) is 0 Å². The summed E-state index contributed by atoms with van der Waals surface area (Å²) in [5.41, 5.74) is 7.91. The summed E-state index contributed by atoms with van der Waals surface area (Å²) in [4.78, 5) is 0. The van der Waals surface area contributed by atoms with E-state index in [1.807, 2.05) is 5.20 Å². The van der Waals surface area contributed by atoms with Gasteiger partial charge in [-0.05, 0) is 0 Å². The number of benzene rings is 1. The first kappa shape index (κ1) is 28.7. The van der Waals surface area contributed by atoms with E-state index in [9.17, 15) is 0 Å². The zero-order chi connectivity index (χ0) is 17.0. The molecule has 0 saturated heterocycles. The van der Waals surface area contributed by atoms with E-state index >= 15 is 0 Å². The number of halogens is 3. The second-order valence-electron chi connectivity index (χ2n) is 7.10. The number of aryl methyl sites for hydroxylation is 3. The van der Waals surface area contributed by atoms with Gasteiger partial charge in [0.05, 0.1) is 0 Å². The Labute approximate surface area is 193 Å². The Morgan fingerprint density at radius 2 is 1.54 bits per heavy atom. The van der Waals surface area contributed by atoms with Crippen LogP contribution in [0.3, 0.4) is 0 Å². The first-order chi connectivity index (χ1) is 11.0. The molecule has 144 valence electrons. The molecule has 0 radical (unpaired) electrons. The van der Waals surface area contributed by atoms with Crippen LogP contribution >= 0.6 is 0 Å². The molecule has 26 heavy (non-hydrogen) atoms. The molecule has 5 heteroatoms. The fourth-order valence-corrected chi connectivity index (χ4v) is 7.06. The first-order valence-corrected chi connectivity index (χ1v) is 11.4. The smallest absolute Gasteiger partial charge is 1.00 e. The van der Waals surface area contributed by atoms with Gasteiger partial charge in [-0.15, -0.1) is 0 Å². The van der Waals surface area contributed by atoms with Crippen LogP contribution in [-0.4, -0.2) is 9.52 Å². The number of hydrogen-bond donors (Lipinski definition) is 0. The number of rotatable bonds is 7. The third-order valence-electron chi connectivity index (χ3n) is 5.18. The summed E-state index contributed by atoms with van der Waals surface area (Å²) in [5, 5.41) is 3.50. The molecule has 2 rings (SSSR count). The minimum Gasteiger partial charge on any atom is -1.00 e. The fourth-order valence-electron chi connectivity index (χ4n) is 3.95. The van der Waals surface area contributed by atoms with Gasteiger partial charge in [-0.25, -0.2) is 0 Å². The molecule has 0 atom stereocenters. The second kappa shape index (κ2) is 13.6. The summed E-state index contributed by atoms with van der Waals surface area (Å²) in [5.74, 6) is 0. The number of allylic oxidation sites excluding steroid dienone is 4. The zero-order valence-corrected chi connectivity index (χ0v) is 22.0. The summed E-state index contributed by atoms with van der Waals surface area (Å²) in [6.07, 6.45) is 7.92. The SMILES string of the molecule is CCCCCC1=C(CC)[C]([Ti+3])=C([SiH2]c2c(C)cc(C)cc2C)C1.[Cl-].[Cl-].[Cl-]. The monoisotopic (exact) mass is 464 g/mol. The van der Waals surface area contributed by atoms with Crippen LogP contribution < -0.4 is 42.4 Å². The Hall–Kier alpha value is 0.501. The van der Waals surface area contributed by atoms with E-state index in [1.165, 1.54) is 55.2 Å². The summed E-state index contributed by atoms with van der Waals surface area (Å²) in [6.45, 7) is 11.5. The van der Waals surface area contributed by atoms with E-state index in [0.29, 0.717) is 0 Å². The Morgan fingerprint density at radius 1 is 0.962 bits per heavy atom. The maximum absolute atomic E-state index is 2.40. The normalized spacial score (nSPS) is 13.8. The van der Waals surface area contributed by atoms with Gasteiger partial charge >= 0.3 is 157 Å². The minimum atomic E-state index is -0.320. The van der Waals surface area contributed by atoms with E-state index in [2.05, 4.69) is 67.2 Å². The summed E-state index contributed by atoms with van der Waals surface area (Å²) >= 11 is 2.40. The van der Waals surface area contributed by atoms with Crippen LogP contribution in [0.15, 0.2) is 32.4 Å². The van der Waals surface area contributed by atoms with Crippen LogP contribution in [0.4, 0.5) is 0 Å². The molecule has 0 saturated carbocycles. The molecule has 1 aliphatic carbocycles. The van der Waals surface area contributed by atoms with Gasteiger partial charge in [0.15, 0.2) is 0 Å². The molecule has 0 N–H and O–H groups in total. The molecule has 0 nitrogen and oxygen atoms in total. The van der Waals surface area contributed by atoms with Crippen molar-refractivity contribution in [3.63, 3.8) is 0 Å². The maximum atomic E-state index is 2.40. The molecule has 0 aliphatic heterocycles. The van der Waals surface area contributed by atoms with Gasteiger partial charge in [0.2, 0.25) is 0 Å². The third kappa shape index (κ3) is 7.15. The molecular weight excluding hydrogens is 435 g/mol. The predicted octanol–water partition coefficient (Wildman–Crippen LogP) is -4.13. The van der Waals surface area contributed by atoms with Crippen LogP contribution in [0, 0.1) is 20.8 Å². The van der Waals surface area contributed by atoms with Gasteiger partial charge in [0.1, 0.15) is 0 Å². The molecule has 0 bridgehead atoms. The van der Waals surface area contributed by atoms with Crippen LogP contribution in [-0.2, 0) is 20.4 Å². The minimum absolute atomic E-state index is 0. The summed E-state index contributed by atoms with van der Waals surface area (Å²) < 4.78 is 1.66. The standard InChI is InChI=1S/C21H31Si.3ClH.Ti/c1-6-8-9-10-19-14-20(13-18(19)7-2)22-21-16(4)11-15(3)12-17(21)5;;;;/h11-12H,6-10,14,22H2,1-5H3;3*1H;/q;;;;+3/p-3. The molecule has 0 spiro atoms. The first-order valence-electron chi connectivity index (χ1n) is 9.19. The van der Waals surface area contributed by atoms with Gasteiger partial charge in [-0.3, -0.25) is 0 Å². The summed E-state index contributed by atoms with van der Waals surface area (Å²) in [7, 11) is -0.320. The van der Waals surface area contributed by atoms with Crippen LogP contribution in [0.5, 0.6) is 0 Å². The predicted molar refractivity (Wildman–Crippen MR) is 102 cm³/mol. The Morgan fingerprint density at radius 3 is 2.04 bits per heavy atom. The van der Waals surface area contributed by atoms with Gasteiger partial charge in [-0.2, -0.15) is 0 Å². The molecule has 0 aromatic heterocycles. The van der Waals surface area contributed by atoms with Crippen molar-refractivity contribution in [1.82, 2.24) is 0 Å². The molecular formula is C21H31Cl3SiTi. The summed E-state index contributed by atoms with van der Waals surface area (Å²) in [6, 6.07) is 4.74. The van der Waals surface area contributed by atoms with Crippen molar-refractivity contribution in [1.29, 1.82) is 0 Å². The Balaban J connectivity index is 0. The quantitative estimate of drug-likeness (QED) is 0.284. The fraction of sp³-hybridized carbons (Fsp3) is 0.524. The van der Waals surface area contributed by atoms with E-state index in [-0.39, 0.29) is 46.7 Å². The molecule has 1 aromatic rings. The van der Waals surface area contributed by atoms with E-state index in [1.54, 1.807) is 20.2 Å². The largest absolute Gasteiger partial charge is 1.00 e. The van der Waals surface area contributed by atoms with Gasteiger partial charge in [-0.1, -0.05) is 0 Å². The molecule has 1 aromatic carbocycles. The molecule has 0 amide bonds. The molecule has 0 unspecified atom stereocenters. The number of unbranched alkanes of at least 4 members (excludes halogenated alkanes) is 2. The van der Waals surface area contributed by atoms with Crippen LogP contribution in [0.25, 0.3) is 0 Å². The second-order valence-corrected chi connectivity index (χ2v) is 9.80.